The highest BCUT2D eigenvalue weighted by Gasteiger charge is 2.33. The largest absolute Gasteiger partial charge is 0.496 e. The van der Waals surface area contributed by atoms with Crippen molar-refractivity contribution in [3.8, 4) is 23.0 Å². The van der Waals surface area contributed by atoms with E-state index in [9.17, 15) is 9.59 Å². The fraction of sp³-hybridized carbons (Fsp3) is 0.543. The highest BCUT2D eigenvalue weighted by atomic mass is 16.7. The van der Waals surface area contributed by atoms with Crippen LogP contribution in [0, 0.1) is 12.8 Å². The molecule has 3 rings (SSSR count). The Hall–Kier alpha value is -4.56. The number of hydrogen-bond acceptors (Lipinski definition) is 13. The van der Waals surface area contributed by atoms with Gasteiger partial charge in [0, 0.05) is 12.7 Å². The molecule has 0 fully saturated rings. The van der Waals surface area contributed by atoms with E-state index >= 15 is 0 Å². The number of carbonyl (C=O) groups excluding carboxylic acids is 2. The maximum absolute atomic E-state index is 13.3. The average Bonchev–Trinajstić information content (AvgIpc) is 3.06. The number of amides is 1. The molecule has 1 amide bonds. The van der Waals surface area contributed by atoms with E-state index in [1.807, 2.05) is 26.8 Å². The second kappa shape index (κ2) is 17.7. The van der Waals surface area contributed by atoms with Gasteiger partial charge in [-0.25, -0.2) is 19.6 Å². The summed E-state index contributed by atoms with van der Waals surface area (Å²) in [4.78, 5) is 35.8. The summed E-state index contributed by atoms with van der Waals surface area (Å²) >= 11 is 0. The summed E-state index contributed by atoms with van der Waals surface area (Å²) in [6.07, 6.45) is -0.819. The summed E-state index contributed by atoms with van der Waals surface area (Å²) in [6, 6.07) is 6.23. The van der Waals surface area contributed by atoms with Crippen molar-refractivity contribution in [3.63, 3.8) is 0 Å². The molecule has 0 saturated heterocycles. The Bertz CT molecular complexity index is 1500. The SMILES string of the molecule is COCCOCOC(=O)[C@H](NC(=O)OC(C)(C)C)c1ccc(OC)c(Oc2cc([C@@H]3N=C(OC)[C@@H](C(C)C)N=C3OC)cc(OC)c2C)c1. The van der Waals surface area contributed by atoms with Crippen molar-refractivity contribution in [2.75, 3.05) is 55.6 Å². The topological polar surface area (TPSA) is 154 Å². The Labute approximate surface area is 288 Å². The number of hydrogen-bond donors (Lipinski definition) is 1. The predicted molar refractivity (Wildman–Crippen MR) is 182 cm³/mol. The molecule has 49 heavy (non-hydrogen) atoms. The Morgan fingerprint density at radius 1 is 0.837 bits per heavy atom. The zero-order chi connectivity index (χ0) is 36.3. The van der Waals surface area contributed by atoms with E-state index in [0.717, 1.165) is 0 Å². The molecule has 0 aromatic heterocycles. The van der Waals surface area contributed by atoms with Crippen LogP contribution in [0.25, 0.3) is 0 Å². The minimum Gasteiger partial charge on any atom is -0.496 e. The fourth-order valence-corrected chi connectivity index (χ4v) is 4.83. The highest BCUT2D eigenvalue weighted by molar-refractivity contribution is 5.95. The minimum atomic E-state index is -1.28. The van der Waals surface area contributed by atoms with Crippen LogP contribution >= 0.6 is 0 Å². The van der Waals surface area contributed by atoms with Crippen molar-refractivity contribution in [3.05, 3.63) is 47.0 Å². The lowest BCUT2D eigenvalue weighted by atomic mass is 9.99. The number of aliphatic imine (C=N–C) groups is 2. The van der Waals surface area contributed by atoms with Gasteiger partial charge in [0.05, 0.1) is 41.7 Å². The smallest absolute Gasteiger partial charge is 0.408 e. The number of nitrogens with zero attached hydrogens (tertiary/aromatic N) is 2. The van der Waals surface area contributed by atoms with Crippen LogP contribution in [0.1, 0.15) is 63.4 Å². The van der Waals surface area contributed by atoms with Gasteiger partial charge in [0.1, 0.15) is 23.1 Å². The molecule has 14 nitrogen and oxygen atoms in total. The molecule has 270 valence electrons. The van der Waals surface area contributed by atoms with Gasteiger partial charge in [0.25, 0.3) is 0 Å². The molecule has 1 aliphatic heterocycles. The van der Waals surface area contributed by atoms with Gasteiger partial charge in [-0.15, -0.1) is 0 Å². The van der Waals surface area contributed by atoms with Crippen LogP contribution in [-0.4, -0.2) is 91.1 Å². The third-order valence-electron chi connectivity index (χ3n) is 7.28. The molecule has 1 heterocycles. The van der Waals surface area contributed by atoms with Gasteiger partial charge in [0.2, 0.25) is 11.8 Å². The zero-order valence-corrected chi connectivity index (χ0v) is 30.2. The van der Waals surface area contributed by atoms with Crippen LogP contribution in [0.4, 0.5) is 4.79 Å². The lowest BCUT2D eigenvalue weighted by molar-refractivity contribution is -0.159. The van der Waals surface area contributed by atoms with Crippen molar-refractivity contribution < 1.29 is 52.2 Å². The molecule has 0 spiro atoms. The van der Waals surface area contributed by atoms with Crippen molar-refractivity contribution in [2.45, 2.75) is 65.3 Å². The fourth-order valence-electron chi connectivity index (χ4n) is 4.83. The molecule has 1 N–H and O–H groups in total. The number of rotatable bonds is 14. The van der Waals surface area contributed by atoms with Crippen LogP contribution in [0.3, 0.4) is 0 Å². The predicted octanol–water partition coefficient (Wildman–Crippen LogP) is 5.70. The van der Waals surface area contributed by atoms with Crippen LogP contribution in [0.5, 0.6) is 23.0 Å². The Balaban J connectivity index is 2.05. The zero-order valence-electron chi connectivity index (χ0n) is 30.2. The van der Waals surface area contributed by atoms with Crippen molar-refractivity contribution in [1.82, 2.24) is 5.32 Å². The summed E-state index contributed by atoms with van der Waals surface area (Å²) in [6.45, 7) is 11.2. The second-order valence-electron chi connectivity index (χ2n) is 12.4. The summed E-state index contributed by atoms with van der Waals surface area (Å²) in [5.41, 5.74) is 0.871. The Kier molecular flexibility index (Phi) is 14.1. The molecular formula is C35H49N3O11. The lowest BCUT2D eigenvalue weighted by Crippen LogP contribution is -2.39. The molecule has 3 atom stereocenters. The van der Waals surface area contributed by atoms with Gasteiger partial charge >= 0.3 is 12.1 Å². The minimum absolute atomic E-state index is 0.130. The van der Waals surface area contributed by atoms with Gasteiger partial charge < -0.3 is 47.9 Å². The quantitative estimate of drug-likeness (QED) is 0.148. The number of methoxy groups -OCH3 is 5. The number of esters is 1. The molecule has 0 aliphatic carbocycles. The lowest BCUT2D eigenvalue weighted by Gasteiger charge is -2.28. The summed E-state index contributed by atoms with van der Waals surface area (Å²) in [7, 11) is 7.69. The van der Waals surface area contributed by atoms with Gasteiger partial charge in [-0.2, -0.15) is 0 Å². The van der Waals surface area contributed by atoms with E-state index in [1.54, 1.807) is 66.4 Å². The van der Waals surface area contributed by atoms with Crippen molar-refractivity contribution in [1.29, 1.82) is 0 Å². The molecule has 14 heteroatoms. The number of benzene rings is 2. The average molecular weight is 688 g/mol. The molecule has 0 radical (unpaired) electrons. The number of nitrogens with one attached hydrogen (secondary N) is 1. The first kappa shape index (κ1) is 38.9. The van der Waals surface area contributed by atoms with Gasteiger partial charge in [-0.05, 0) is 69.0 Å². The van der Waals surface area contributed by atoms with E-state index in [2.05, 4.69) is 5.32 Å². The number of ether oxygens (including phenoxy) is 9. The molecular weight excluding hydrogens is 638 g/mol. The Morgan fingerprint density at radius 2 is 1.51 bits per heavy atom. The van der Waals surface area contributed by atoms with Crippen LogP contribution in [0.15, 0.2) is 40.3 Å². The van der Waals surface area contributed by atoms with E-state index in [1.165, 1.54) is 14.2 Å². The first-order valence-electron chi connectivity index (χ1n) is 15.8. The van der Waals surface area contributed by atoms with Crippen molar-refractivity contribution in [2.24, 2.45) is 15.9 Å². The van der Waals surface area contributed by atoms with Gasteiger partial charge in [0.15, 0.2) is 30.4 Å². The summed E-state index contributed by atoms with van der Waals surface area (Å²) < 4.78 is 50.1. The Morgan fingerprint density at radius 3 is 2.10 bits per heavy atom. The van der Waals surface area contributed by atoms with Gasteiger partial charge in [-0.1, -0.05) is 19.9 Å². The van der Waals surface area contributed by atoms with E-state index in [0.29, 0.717) is 52.3 Å². The number of carbonyl (C=O) groups is 2. The van der Waals surface area contributed by atoms with E-state index < -0.39 is 29.7 Å². The van der Waals surface area contributed by atoms with Crippen molar-refractivity contribution >= 4 is 23.9 Å². The molecule has 0 bridgehead atoms. The first-order valence-corrected chi connectivity index (χ1v) is 15.8. The van der Waals surface area contributed by atoms with Crippen LogP contribution in [-0.2, 0) is 33.2 Å². The summed E-state index contributed by atoms with van der Waals surface area (Å²) in [5.74, 6) is 1.78. The van der Waals surface area contributed by atoms with E-state index in [4.69, 9.17) is 52.6 Å². The third-order valence-corrected chi connectivity index (χ3v) is 7.28. The standard InChI is InChI=1S/C35H49N3O11/c1-20(2)28-31(44-10)37-29(32(36-28)45-11)23-17-25(43-9)21(3)26(18-23)48-27-16-22(12-13-24(27)42-8)30(38-34(40)49-35(4,5)6)33(39)47-19-46-15-14-41-7/h12-13,16-18,20,28-30H,14-15,19H2,1-11H3,(H,38,40)/t28-,29+,30-/m1/s1. The maximum atomic E-state index is 13.3. The molecule has 1 aliphatic rings. The van der Waals surface area contributed by atoms with Crippen LogP contribution in [0.2, 0.25) is 0 Å². The molecule has 0 saturated carbocycles. The van der Waals surface area contributed by atoms with Crippen LogP contribution < -0.4 is 19.5 Å². The second-order valence-corrected chi connectivity index (χ2v) is 12.4. The molecule has 2 aromatic rings. The normalized spacial score (nSPS) is 16.6. The monoisotopic (exact) mass is 687 g/mol. The first-order chi connectivity index (χ1) is 23.3. The highest BCUT2D eigenvalue weighted by Crippen LogP contribution is 2.41. The van der Waals surface area contributed by atoms with E-state index in [-0.39, 0.29) is 31.1 Å². The third kappa shape index (κ3) is 10.5. The maximum Gasteiger partial charge on any atom is 0.408 e. The molecule has 0 unspecified atom stereocenters. The summed E-state index contributed by atoms with van der Waals surface area (Å²) in [5, 5.41) is 2.60. The number of alkyl carbamates (subject to hydrolysis) is 1. The molecule has 2 aromatic carbocycles. The van der Waals surface area contributed by atoms with Gasteiger partial charge in [-0.3, -0.25) is 0 Å².